The molecule has 19 heavy (non-hydrogen) atoms. The highest BCUT2D eigenvalue weighted by Gasteiger charge is 2.09. The lowest BCUT2D eigenvalue weighted by atomic mass is 10.2. The van der Waals surface area contributed by atoms with Gasteiger partial charge in [-0.15, -0.1) is 11.3 Å². The summed E-state index contributed by atoms with van der Waals surface area (Å²) < 4.78 is 5.02. The van der Waals surface area contributed by atoms with Crippen LogP contribution in [0.5, 0.6) is 5.88 Å². The molecule has 6 nitrogen and oxygen atoms in total. The Kier molecular flexibility index (Phi) is 4.43. The molecule has 2 aromatic heterocycles. The summed E-state index contributed by atoms with van der Waals surface area (Å²) in [5.74, 6) is 0.303. The Morgan fingerprint density at radius 2 is 2.42 bits per heavy atom. The van der Waals surface area contributed by atoms with Gasteiger partial charge >= 0.3 is 0 Å². The maximum absolute atomic E-state index is 11.8. The van der Waals surface area contributed by atoms with Crippen LogP contribution < -0.4 is 15.8 Å². The molecular weight excluding hydrogens is 264 g/mol. The van der Waals surface area contributed by atoms with Crippen molar-refractivity contribution in [2.75, 3.05) is 7.11 Å². The van der Waals surface area contributed by atoms with Crippen LogP contribution in [0.3, 0.4) is 0 Å². The maximum Gasteiger partial charge on any atom is 0.271 e. The molecule has 0 saturated heterocycles. The van der Waals surface area contributed by atoms with Crippen molar-refractivity contribution in [2.45, 2.75) is 13.1 Å². The fraction of sp³-hybridized carbons (Fsp3) is 0.250. The Hall–Kier alpha value is -1.99. The second-order valence-electron chi connectivity index (χ2n) is 3.72. The summed E-state index contributed by atoms with van der Waals surface area (Å²) in [6.07, 6.45) is 1.63. The number of rotatable bonds is 5. The third-order valence-corrected chi connectivity index (χ3v) is 3.29. The predicted molar refractivity (Wildman–Crippen MR) is 72.0 cm³/mol. The molecule has 2 aromatic rings. The van der Waals surface area contributed by atoms with Gasteiger partial charge in [0.05, 0.1) is 7.11 Å². The number of nitrogens with zero attached hydrogens (tertiary/aromatic N) is 2. The van der Waals surface area contributed by atoms with E-state index in [1.165, 1.54) is 11.3 Å². The normalized spacial score (nSPS) is 10.2. The van der Waals surface area contributed by atoms with Crippen LogP contribution in [0.2, 0.25) is 0 Å². The lowest BCUT2D eigenvalue weighted by Gasteiger charge is -2.04. The van der Waals surface area contributed by atoms with Gasteiger partial charge in [0.1, 0.15) is 10.7 Å². The smallest absolute Gasteiger partial charge is 0.271 e. The van der Waals surface area contributed by atoms with Crippen molar-refractivity contribution in [1.29, 1.82) is 0 Å². The first-order valence-corrected chi connectivity index (χ1v) is 6.52. The van der Waals surface area contributed by atoms with E-state index in [9.17, 15) is 4.79 Å². The summed E-state index contributed by atoms with van der Waals surface area (Å²) >= 11 is 1.38. The van der Waals surface area contributed by atoms with E-state index in [1.54, 1.807) is 24.8 Å². The van der Waals surface area contributed by atoms with Gasteiger partial charge < -0.3 is 15.8 Å². The number of methoxy groups -OCH3 is 1. The maximum atomic E-state index is 11.8. The van der Waals surface area contributed by atoms with Gasteiger partial charge in [0.25, 0.3) is 5.91 Å². The Balaban J connectivity index is 1.96. The number of carbonyl (C=O) groups is 1. The van der Waals surface area contributed by atoms with E-state index in [-0.39, 0.29) is 5.91 Å². The van der Waals surface area contributed by atoms with Crippen LogP contribution in [0.4, 0.5) is 0 Å². The molecule has 0 fully saturated rings. The van der Waals surface area contributed by atoms with Gasteiger partial charge in [-0.25, -0.2) is 9.97 Å². The van der Waals surface area contributed by atoms with Gasteiger partial charge in [0.2, 0.25) is 5.88 Å². The minimum atomic E-state index is -0.216. The van der Waals surface area contributed by atoms with Crippen molar-refractivity contribution < 1.29 is 9.53 Å². The van der Waals surface area contributed by atoms with E-state index in [4.69, 9.17) is 10.5 Å². The average molecular weight is 278 g/mol. The van der Waals surface area contributed by atoms with Crippen LogP contribution in [0.15, 0.2) is 23.7 Å². The zero-order chi connectivity index (χ0) is 13.7. The first kappa shape index (κ1) is 13.4. The van der Waals surface area contributed by atoms with Crippen LogP contribution in [0.1, 0.15) is 21.1 Å². The van der Waals surface area contributed by atoms with Crippen LogP contribution in [0, 0.1) is 0 Å². The summed E-state index contributed by atoms with van der Waals surface area (Å²) in [4.78, 5) is 20.0. The molecule has 100 valence electrons. The lowest BCUT2D eigenvalue weighted by Crippen LogP contribution is -2.23. The summed E-state index contributed by atoms with van der Waals surface area (Å²) in [6.45, 7) is 0.743. The van der Waals surface area contributed by atoms with Gasteiger partial charge in [-0.2, -0.15) is 0 Å². The van der Waals surface area contributed by atoms with Crippen LogP contribution >= 0.6 is 11.3 Å². The third-order valence-electron chi connectivity index (χ3n) is 2.42. The molecule has 0 aliphatic rings. The molecule has 0 aliphatic heterocycles. The molecule has 0 bridgehead atoms. The molecule has 0 saturated carbocycles. The van der Waals surface area contributed by atoms with E-state index in [0.29, 0.717) is 24.7 Å². The predicted octanol–water partition coefficient (Wildman–Crippen LogP) is 0.935. The highest BCUT2D eigenvalue weighted by molar-refractivity contribution is 7.09. The number of amides is 1. The Labute approximate surface area is 114 Å². The second-order valence-corrected chi connectivity index (χ2v) is 4.66. The zero-order valence-electron chi connectivity index (χ0n) is 10.4. The quantitative estimate of drug-likeness (QED) is 0.849. The van der Waals surface area contributed by atoms with Crippen molar-refractivity contribution >= 4 is 17.2 Å². The molecule has 2 rings (SSSR count). The molecule has 0 aliphatic carbocycles. The zero-order valence-corrected chi connectivity index (χ0v) is 11.2. The van der Waals surface area contributed by atoms with Crippen LogP contribution in [-0.4, -0.2) is 23.0 Å². The molecule has 2 heterocycles. The van der Waals surface area contributed by atoms with Crippen molar-refractivity contribution in [3.63, 3.8) is 0 Å². The molecule has 0 spiro atoms. The summed E-state index contributed by atoms with van der Waals surface area (Å²) in [7, 11) is 1.55. The molecule has 0 aromatic carbocycles. The van der Waals surface area contributed by atoms with Gasteiger partial charge in [-0.1, -0.05) is 0 Å². The fourth-order valence-electron chi connectivity index (χ4n) is 1.45. The summed E-state index contributed by atoms with van der Waals surface area (Å²) in [5.41, 5.74) is 6.76. The molecule has 1 amide bonds. The van der Waals surface area contributed by atoms with Crippen molar-refractivity contribution in [2.24, 2.45) is 5.73 Å². The summed E-state index contributed by atoms with van der Waals surface area (Å²) in [5, 5.41) is 5.23. The molecule has 0 atom stereocenters. The van der Waals surface area contributed by atoms with E-state index in [1.807, 2.05) is 6.07 Å². The fourth-order valence-corrected chi connectivity index (χ4v) is 2.11. The topological polar surface area (TPSA) is 90.1 Å². The molecule has 0 unspecified atom stereocenters. The number of hydrogen-bond donors (Lipinski definition) is 2. The Bertz CT molecular complexity index is 570. The number of ether oxygens (including phenoxy) is 1. The van der Waals surface area contributed by atoms with Crippen LogP contribution in [0.25, 0.3) is 0 Å². The third kappa shape index (κ3) is 3.49. The average Bonchev–Trinajstić information content (AvgIpc) is 2.94. The van der Waals surface area contributed by atoms with Crippen LogP contribution in [-0.2, 0) is 13.1 Å². The molecular formula is C12H14N4O2S. The summed E-state index contributed by atoms with van der Waals surface area (Å²) in [6, 6.07) is 3.59. The van der Waals surface area contributed by atoms with Crippen molar-refractivity contribution in [1.82, 2.24) is 15.3 Å². The van der Waals surface area contributed by atoms with Gasteiger partial charge in [0, 0.05) is 30.7 Å². The number of aromatic nitrogens is 2. The van der Waals surface area contributed by atoms with Gasteiger partial charge in [0.15, 0.2) is 0 Å². The molecule has 3 N–H and O–H groups in total. The largest absolute Gasteiger partial charge is 0.481 e. The number of nitrogens with two attached hydrogens (primary N) is 1. The highest BCUT2D eigenvalue weighted by atomic mass is 32.1. The SMILES string of the molecule is COc1cc(CNC(=O)c2csc(CN)n2)ccn1. The molecule has 7 heteroatoms. The van der Waals surface area contributed by atoms with E-state index in [2.05, 4.69) is 15.3 Å². The van der Waals surface area contributed by atoms with Crippen molar-refractivity contribution in [3.05, 3.63) is 40.0 Å². The lowest BCUT2D eigenvalue weighted by molar-refractivity contribution is 0.0946. The number of hydrogen-bond acceptors (Lipinski definition) is 6. The van der Waals surface area contributed by atoms with Gasteiger partial charge in [-0.05, 0) is 11.6 Å². The molecule has 0 radical (unpaired) electrons. The van der Waals surface area contributed by atoms with E-state index >= 15 is 0 Å². The minimum absolute atomic E-state index is 0.216. The standard InChI is InChI=1S/C12H14N4O2S/c1-18-10-4-8(2-3-14-10)6-15-12(17)9-7-19-11(5-13)16-9/h2-4,7H,5-6,13H2,1H3,(H,15,17). The second kappa shape index (κ2) is 6.26. The number of carbonyl (C=O) groups excluding carboxylic acids is 1. The number of pyridine rings is 1. The number of nitrogens with one attached hydrogen (secondary N) is 1. The number of thiazole rings is 1. The Morgan fingerprint density at radius 3 is 3.11 bits per heavy atom. The first-order valence-electron chi connectivity index (χ1n) is 5.64. The van der Waals surface area contributed by atoms with Crippen molar-refractivity contribution in [3.8, 4) is 5.88 Å². The minimum Gasteiger partial charge on any atom is -0.481 e. The first-order chi connectivity index (χ1) is 9.22. The van der Waals surface area contributed by atoms with Gasteiger partial charge in [-0.3, -0.25) is 4.79 Å². The highest BCUT2D eigenvalue weighted by Crippen LogP contribution is 2.10. The van der Waals surface area contributed by atoms with E-state index < -0.39 is 0 Å². The monoisotopic (exact) mass is 278 g/mol. The van der Waals surface area contributed by atoms with E-state index in [0.717, 1.165) is 10.6 Å². The Morgan fingerprint density at radius 1 is 1.58 bits per heavy atom.